The van der Waals surface area contributed by atoms with Crippen LogP contribution in [-0.2, 0) is 6.42 Å². The number of halogens is 2. The molecule has 0 saturated heterocycles. The van der Waals surface area contributed by atoms with Crippen LogP contribution in [0.4, 0.5) is 10.2 Å². The summed E-state index contributed by atoms with van der Waals surface area (Å²) in [5.74, 6) is 0.759. The van der Waals surface area contributed by atoms with Gasteiger partial charge in [0, 0.05) is 22.1 Å². The second-order valence-electron chi connectivity index (χ2n) is 5.25. The van der Waals surface area contributed by atoms with Gasteiger partial charge in [-0.15, -0.1) is 0 Å². The summed E-state index contributed by atoms with van der Waals surface area (Å²) < 4.78 is 16.0. The molecule has 22 heavy (non-hydrogen) atoms. The molecule has 1 aromatic heterocycles. The first-order chi connectivity index (χ1) is 10.7. The number of nitrogens with zero attached hydrogens (tertiary/aromatic N) is 2. The minimum absolute atomic E-state index is 0.243. The van der Waals surface area contributed by atoms with Gasteiger partial charge in [-0.1, -0.05) is 28.1 Å². The second kappa shape index (κ2) is 5.25. The van der Waals surface area contributed by atoms with Crippen LogP contribution in [0.1, 0.15) is 5.56 Å². The summed E-state index contributed by atoms with van der Waals surface area (Å²) in [4.78, 5) is 0. The van der Waals surface area contributed by atoms with E-state index in [-0.39, 0.29) is 5.82 Å². The molecule has 0 saturated carbocycles. The third-order valence-corrected chi connectivity index (χ3v) is 4.31. The predicted molar refractivity (Wildman–Crippen MR) is 88.9 cm³/mol. The zero-order valence-corrected chi connectivity index (χ0v) is 13.3. The lowest BCUT2D eigenvalue weighted by atomic mass is 10.1. The van der Waals surface area contributed by atoms with Gasteiger partial charge in [0.2, 0.25) is 0 Å². The standard InChI is InChI=1S/C17H13BrFN3/c18-12-3-1-2-11(10-12)16-15-8-9-20-17(15)22(21-16)14-6-4-13(19)5-7-14/h1-7,10,20H,8-9H2. The van der Waals surface area contributed by atoms with Gasteiger partial charge >= 0.3 is 0 Å². The number of rotatable bonds is 2. The van der Waals surface area contributed by atoms with E-state index in [9.17, 15) is 4.39 Å². The molecule has 0 amide bonds. The average molecular weight is 358 g/mol. The summed E-state index contributed by atoms with van der Waals surface area (Å²) in [5.41, 5.74) is 4.12. The van der Waals surface area contributed by atoms with Crippen LogP contribution in [0.2, 0.25) is 0 Å². The number of hydrogen-bond donors (Lipinski definition) is 1. The fourth-order valence-electron chi connectivity index (χ4n) is 2.81. The summed E-state index contributed by atoms with van der Waals surface area (Å²) in [6.07, 6.45) is 0.943. The van der Waals surface area contributed by atoms with Crippen molar-refractivity contribution < 1.29 is 4.39 Å². The predicted octanol–water partition coefficient (Wildman–Crippen LogP) is 4.41. The van der Waals surface area contributed by atoms with Crippen molar-refractivity contribution in [2.24, 2.45) is 0 Å². The van der Waals surface area contributed by atoms with Crippen LogP contribution in [0.3, 0.4) is 0 Å². The number of nitrogens with one attached hydrogen (secondary N) is 1. The van der Waals surface area contributed by atoms with E-state index in [1.54, 1.807) is 12.1 Å². The van der Waals surface area contributed by atoms with Crippen molar-refractivity contribution in [2.45, 2.75) is 6.42 Å². The van der Waals surface area contributed by atoms with Crippen LogP contribution in [0, 0.1) is 5.82 Å². The van der Waals surface area contributed by atoms with E-state index in [4.69, 9.17) is 5.10 Å². The minimum Gasteiger partial charge on any atom is -0.369 e. The Balaban J connectivity index is 1.88. The smallest absolute Gasteiger partial charge is 0.133 e. The van der Waals surface area contributed by atoms with E-state index in [2.05, 4.69) is 33.4 Å². The average Bonchev–Trinajstić information content (AvgIpc) is 3.10. The summed E-state index contributed by atoms with van der Waals surface area (Å²) in [7, 11) is 0. The molecule has 0 atom stereocenters. The summed E-state index contributed by atoms with van der Waals surface area (Å²) in [6, 6.07) is 14.5. The number of hydrogen-bond acceptors (Lipinski definition) is 2. The Hall–Kier alpha value is -2.14. The van der Waals surface area contributed by atoms with E-state index in [0.29, 0.717) is 0 Å². The van der Waals surface area contributed by atoms with Crippen LogP contribution in [0.15, 0.2) is 53.0 Å². The number of benzene rings is 2. The van der Waals surface area contributed by atoms with Crippen LogP contribution >= 0.6 is 15.9 Å². The number of fused-ring (bicyclic) bond motifs is 1. The highest BCUT2D eigenvalue weighted by Crippen LogP contribution is 2.35. The molecule has 0 radical (unpaired) electrons. The topological polar surface area (TPSA) is 29.9 Å². The zero-order chi connectivity index (χ0) is 15.1. The Morgan fingerprint density at radius 2 is 1.95 bits per heavy atom. The first kappa shape index (κ1) is 13.5. The Morgan fingerprint density at radius 3 is 2.73 bits per heavy atom. The molecule has 1 aliphatic heterocycles. The molecule has 2 heterocycles. The van der Waals surface area contributed by atoms with Crippen molar-refractivity contribution in [1.82, 2.24) is 9.78 Å². The summed E-state index contributed by atoms with van der Waals surface area (Å²) in [5, 5.41) is 8.14. The SMILES string of the molecule is Fc1ccc(-n2nc(-c3cccc(Br)c3)c3c2NCC3)cc1. The van der Waals surface area contributed by atoms with E-state index in [0.717, 1.165) is 40.2 Å². The molecular formula is C17H13BrFN3. The molecule has 1 aliphatic rings. The maximum Gasteiger partial charge on any atom is 0.133 e. The summed E-state index contributed by atoms with van der Waals surface area (Å²) in [6.45, 7) is 0.898. The summed E-state index contributed by atoms with van der Waals surface area (Å²) >= 11 is 3.51. The minimum atomic E-state index is -0.243. The van der Waals surface area contributed by atoms with Crippen LogP contribution in [0.5, 0.6) is 0 Å². The highest BCUT2D eigenvalue weighted by molar-refractivity contribution is 9.10. The van der Waals surface area contributed by atoms with Crippen molar-refractivity contribution in [1.29, 1.82) is 0 Å². The van der Waals surface area contributed by atoms with Gasteiger partial charge in [-0.3, -0.25) is 0 Å². The van der Waals surface area contributed by atoms with Gasteiger partial charge in [-0.25, -0.2) is 9.07 Å². The Morgan fingerprint density at radius 1 is 1.14 bits per heavy atom. The lowest BCUT2D eigenvalue weighted by Gasteiger charge is -2.06. The maximum absolute atomic E-state index is 13.1. The van der Waals surface area contributed by atoms with Crippen molar-refractivity contribution >= 4 is 21.7 Å². The Labute approximate surface area is 135 Å². The quantitative estimate of drug-likeness (QED) is 0.736. The van der Waals surface area contributed by atoms with Crippen LogP contribution in [-0.4, -0.2) is 16.3 Å². The highest BCUT2D eigenvalue weighted by atomic mass is 79.9. The molecule has 110 valence electrons. The molecule has 3 aromatic rings. The normalized spacial score (nSPS) is 13.0. The van der Waals surface area contributed by atoms with Gasteiger partial charge in [-0.2, -0.15) is 5.10 Å². The van der Waals surface area contributed by atoms with Gasteiger partial charge in [0.1, 0.15) is 11.6 Å². The molecule has 2 aromatic carbocycles. The fourth-order valence-corrected chi connectivity index (χ4v) is 3.21. The highest BCUT2D eigenvalue weighted by Gasteiger charge is 2.23. The lowest BCUT2D eigenvalue weighted by Crippen LogP contribution is -2.04. The third kappa shape index (κ3) is 2.22. The third-order valence-electron chi connectivity index (χ3n) is 3.82. The number of anilines is 1. The maximum atomic E-state index is 13.1. The molecule has 0 unspecified atom stereocenters. The Kier molecular flexibility index (Phi) is 3.22. The molecule has 3 nitrogen and oxygen atoms in total. The molecule has 1 N–H and O–H groups in total. The van der Waals surface area contributed by atoms with Crippen molar-refractivity contribution in [2.75, 3.05) is 11.9 Å². The first-order valence-corrected chi connectivity index (χ1v) is 7.89. The molecule has 4 rings (SSSR count). The van der Waals surface area contributed by atoms with Crippen LogP contribution < -0.4 is 5.32 Å². The van der Waals surface area contributed by atoms with Crippen LogP contribution in [0.25, 0.3) is 16.9 Å². The lowest BCUT2D eigenvalue weighted by molar-refractivity contribution is 0.627. The second-order valence-corrected chi connectivity index (χ2v) is 6.17. The largest absolute Gasteiger partial charge is 0.369 e. The van der Waals surface area contributed by atoms with Crippen molar-refractivity contribution in [3.8, 4) is 16.9 Å². The monoisotopic (exact) mass is 357 g/mol. The van der Waals surface area contributed by atoms with Crippen molar-refractivity contribution in [3.05, 3.63) is 64.4 Å². The van der Waals surface area contributed by atoms with E-state index >= 15 is 0 Å². The zero-order valence-electron chi connectivity index (χ0n) is 11.7. The van der Waals surface area contributed by atoms with Gasteiger partial charge in [0.05, 0.1) is 11.4 Å². The van der Waals surface area contributed by atoms with Gasteiger partial charge in [0.15, 0.2) is 0 Å². The molecule has 0 spiro atoms. The molecule has 0 aliphatic carbocycles. The van der Waals surface area contributed by atoms with E-state index in [1.165, 1.54) is 17.7 Å². The molecular weight excluding hydrogens is 345 g/mol. The molecule has 0 bridgehead atoms. The molecule has 0 fully saturated rings. The first-order valence-electron chi connectivity index (χ1n) is 7.10. The van der Waals surface area contributed by atoms with Gasteiger partial charge < -0.3 is 5.32 Å². The fraction of sp³-hybridized carbons (Fsp3) is 0.118. The molecule has 5 heteroatoms. The number of aromatic nitrogens is 2. The Bertz CT molecular complexity index is 840. The van der Waals surface area contributed by atoms with Gasteiger partial charge in [0.25, 0.3) is 0 Å². The van der Waals surface area contributed by atoms with E-state index < -0.39 is 0 Å². The van der Waals surface area contributed by atoms with Gasteiger partial charge in [-0.05, 0) is 42.8 Å². The van der Waals surface area contributed by atoms with E-state index in [1.807, 2.05) is 16.8 Å². The van der Waals surface area contributed by atoms with Crippen molar-refractivity contribution in [3.63, 3.8) is 0 Å².